The highest BCUT2D eigenvalue weighted by molar-refractivity contribution is 8.08. The summed E-state index contributed by atoms with van der Waals surface area (Å²) in [6.45, 7) is 13.5. The lowest BCUT2D eigenvalue weighted by Gasteiger charge is -2.35. The van der Waals surface area contributed by atoms with Crippen LogP contribution in [0.25, 0.3) is 16.0 Å². The number of amides is 6. The molecule has 2 fully saturated rings. The number of rotatable bonds is 28. The number of anilines is 2. The Morgan fingerprint density at radius 1 is 0.820 bits per heavy atom. The zero-order chi connectivity index (χ0) is 63.2. The van der Waals surface area contributed by atoms with Gasteiger partial charge in [0.25, 0.3) is 6.43 Å². The van der Waals surface area contributed by atoms with Crippen LogP contribution in [-0.2, 0) is 75.8 Å². The number of aryl methyl sites for hydroxylation is 2. The molecule has 0 unspecified atom stereocenters. The van der Waals surface area contributed by atoms with Gasteiger partial charge in [0.05, 0.1) is 97.4 Å². The summed E-state index contributed by atoms with van der Waals surface area (Å²) in [6.07, 6.45) is 4.76. The van der Waals surface area contributed by atoms with Gasteiger partial charge in [0.1, 0.15) is 12.1 Å². The Balaban J connectivity index is 0.612. The molecule has 0 bridgehead atoms. The summed E-state index contributed by atoms with van der Waals surface area (Å²) in [5.41, 5.74) is 7.46. The minimum absolute atomic E-state index is 0.00711. The Morgan fingerprint density at radius 2 is 1.48 bits per heavy atom. The van der Waals surface area contributed by atoms with E-state index < -0.39 is 35.9 Å². The van der Waals surface area contributed by atoms with Crippen molar-refractivity contribution in [3.8, 4) is 11.1 Å². The molecule has 5 aliphatic rings. The summed E-state index contributed by atoms with van der Waals surface area (Å²) in [5.74, 6) is 0.641. The molecule has 486 valence electrons. The van der Waals surface area contributed by atoms with Crippen LogP contribution in [0.2, 0.25) is 0 Å². The Kier molecular flexibility index (Phi) is 23.7. The number of halogens is 2. The predicted molar refractivity (Wildman–Crippen MR) is 333 cm³/mol. The van der Waals surface area contributed by atoms with Gasteiger partial charge in [-0.3, -0.25) is 28.5 Å². The van der Waals surface area contributed by atoms with E-state index in [1.807, 2.05) is 55.6 Å². The molecule has 0 saturated carbocycles. The number of carbonyl (C=O) groups is 5. The number of urea groups is 1. The van der Waals surface area contributed by atoms with Crippen molar-refractivity contribution in [3.63, 3.8) is 0 Å². The number of β-amino-alcohol motifs (C(OH)–C–C–N with tert-alkyl or cyclic N) is 1. The predicted octanol–water partition coefficient (Wildman–Crippen LogP) is 6.71. The fraction of sp³-hybridized carbons (Fsp3) is 0.609. The van der Waals surface area contributed by atoms with E-state index in [2.05, 4.69) is 49.7 Å². The molecule has 0 radical (unpaired) electrons. The van der Waals surface area contributed by atoms with E-state index in [-0.39, 0.29) is 87.5 Å². The number of ether oxygens (including phenoxy) is 5. The summed E-state index contributed by atoms with van der Waals surface area (Å²) in [7, 11) is 3.37. The average Bonchev–Trinajstić information content (AvgIpc) is 1.84. The maximum Gasteiger partial charge on any atom is 0.317 e. The number of hydrogen-bond acceptors (Lipinski definition) is 15. The van der Waals surface area contributed by atoms with Crippen molar-refractivity contribution in [2.75, 3.05) is 116 Å². The zero-order valence-corrected chi connectivity index (χ0v) is 53.2. The number of alkyl halides is 2. The largest absolute Gasteiger partial charge is 0.391 e. The number of likely N-dealkylation sites (tertiary alicyclic amines) is 2. The first-order chi connectivity index (χ1) is 42.9. The number of nitrogens with zero attached hydrogens (tertiary/aromatic N) is 8. The second-order valence-electron chi connectivity index (χ2n) is 24.5. The first-order valence-electron chi connectivity index (χ1n) is 31.3. The van der Waals surface area contributed by atoms with Crippen molar-refractivity contribution >= 4 is 57.8 Å². The van der Waals surface area contributed by atoms with Gasteiger partial charge in [0, 0.05) is 118 Å². The minimum Gasteiger partial charge on any atom is -0.391 e. The Labute approximate surface area is 524 Å². The fourth-order valence-electron chi connectivity index (χ4n) is 12.3. The van der Waals surface area contributed by atoms with Crippen molar-refractivity contribution in [1.29, 1.82) is 0 Å². The van der Waals surface area contributed by atoms with E-state index in [1.165, 1.54) is 20.9 Å². The standard InChI is InChI=1S/C64H89F2N11O11S/c1-42-18-33-89-57(42)44-11-9-43(10-12-44)37-68-61(81)54-35-48(78)40-76(54)62(82)58(64(2,3)4)70-55(79)16-23-84-25-27-86-29-31-88-32-30-87-28-26-85-24-17-56(80)73-20-13-47(14-21-73)77-52-15-22-74(63(83)67-5)41-51(52)60(71-77)75-19-7-8-45-34-49(46-38-69-72(6)39-46)50(59(65)66)36-53(45)75/h9-12,34,36,38-39,47-48,54,58-59,78H,7-8,13-33,35,37,40-41H2,1-6H3,(H,67,83)(H,68,81)(H,70,79)/t48-,54-,58+/m0/s1. The Morgan fingerprint density at radius 3 is 2.09 bits per heavy atom. The normalized spacial score (nSPS) is 18.4. The van der Waals surface area contributed by atoms with Crippen LogP contribution in [0.1, 0.15) is 119 Å². The molecule has 6 amide bonds. The van der Waals surface area contributed by atoms with E-state index in [1.54, 1.807) is 42.1 Å². The number of thioether (sulfide) groups is 1. The number of hydrogen-bond donors (Lipinski definition) is 4. The Bertz CT molecular complexity index is 3110. The van der Waals surface area contributed by atoms with Crippen LogP contribution in [0.4, 0.5) is 25.1 Å². The van der Waals surface area contributed by atoms with Crippen LogP contribution in [-0.4, -0.2) is 199 Å². The smallest absolute Gasteiger partial charge is 0.317 e. The van der Waals surface area contributed by atoms with Gasteiger partial charge in [-0.05, 0) is 78.8 Å². The van der Waals surface area contributed by atoms with E-state index in [0.717, 1.165) is 47.4 Å². The lowest BCUT2D eigenvalue weighted by molar-refractivity contribution is -0.144. The number of fused-ring (bicyclic) bond motifs is 2. The van der Waals surface area contributed by atoms with Gasteiger partial charge in [0.15, 0.2) is 5.82 Å². The van der Waals surface area contributed by atoms with Crippen molar-refractivity contribution in [1.82, 2.24) is 50.2 Å². The topological polar surface area (TPSA) is 236 Å². The lowest BCUT2D eigenvalue weighted by atomic mass is 9.85. The maximum absolute atomic E-state index is 14.8. The number of carbonyl (C=O) groups excluding carboxylic acids is 5. The first kappa shape index (κ1) is 66.9. The molecule has 2 aromatic heterocycles. The highest BCUT2D eigenvalue weighted by Gasteiger charge is 2.45. The second-order valence-corrected chi connectivity index (χ2v) is 25.6. The molecule has 2 aromatic carbocycles. The fourth-order valence-corrected chi connectivity index (χ4v) is 13.5. The summed E-state index contributed by atoms with van der Waals surface area (Å²) >= 11 is 1.86. The van der Waals surface area contributed by atoms with Crippen molar-refractivity contribution in [3.05, 3.63) is 87.9 Å². The highest BCUT2D eigenvalue weighted by atomic mass is 32.2. The van der Waals surface area contributed by atoms with Gasteiger partial charge < -0.3 is 64.3 Å². The molecule has 89 heavy (non-hydrogen) atoms. The number of nitrogens with one attached hydrogen (secondary N) is 3. The van der Waals surface area contributed by atoms with Gasteiger partial charge in [-0.15, -0.1) is 11.8 Å². The molecule has 25 heteroatoms. The zero-order valence-electron chi connectivity index (χ0n) is 52.4. The molecule has 0 spiro atoms. The van der Waals surface area contributed by atoms with E-state index >= 15 is 0 Å². The van der Waals surface area contributed by atoms with Gasteiger partial charge in [-0.25, -0.2) is 13.6 Å². The third kappa shape index (κ3) is 17.3. The Hall–Kier alpha value is -6.48. The van der Waals surface area contributed by atoms with Crippen LogP contribution in [0, 0.1) is 5.41 Å². The van der Waals surface area contributed by atoms with Gasteiger partial charge in [-0.2, -0.15) is 10.2 Å². The molecule has 0 aliphatic carbocycles. The summed E-state index contributed by atoms with van der Waals surface area (Å²) in [4.78, 5) is 75.2. The van der Waals surface area contributed by atoms with Gasteiger partial charge >= 0.3 is 6.03 Å². The second kappa shape index (κ2) is 31.5. The SMILES string of the molecule is CNC(=O)N1CCc2c(c(N3CCCc4cc(-c5cnn(C)c5)c(C(F)F)cc43)nn2C2CCN(C(=O)CCOCCOCCOCCOCCOCCC(=O)N[C@H](C(=O)N3C[C@@H](O)C[C@H]3C(=O)NCc3ccc(C4=C(C)CCS4)cc3)C(C)(C)C)CC2)C1. The molecule has 5 aliphatic heterocycles. The number of aliphatic hydroxyl groups excluding tert-OH is 1. The van der Waals surface area contributed by atoms with Gasteiger partial charge in [0.2, 0.25) is 23.6 Å². The van der Waals surface area contributed by atoms with E-state index in [4.69, 9.17) is 28.8 Å². The summed E-state index contributed by atoms with van der Waals surface area (Å²) in [6, 6.07) is 9.62. The third-order valence-corrected chi connectivity index (χ3v) is 18.4. The van der Waals surface area contributed by atoms with Crippen LogP contribution < -0.4 is 20.9 Å². The molecular formula is C64H89F2N11O11S. The quantitative estimate of drug-likeness (QED) is 0.0433. The minimum atomic E-state index is -2.70. The molecule has 9 rings (SSSR count). The molecule has 4 N–H and O–H groups in total. The average molecular weight is 1260 g/mol. The van der Waals surface area contributed by atoms with Gasteiger partial charge in [-0.1, -0.05) is 50.6 Å². The number of aromatic nitrogens is 4. The van der Waals surface area contributed by atoms with Crippen LogP contribution in [0.5, 0.6) is 0 Å². The van der Waals surface area contributed by atoms with Crippen LogP contribution in [0.3, 0.4) is 0 Å². The van der Waals surface area contributed by atoms with Crippen molar-refractivity contribution < 1.29 is 61.5 Å². The maximum atomic E-state index is 14.8. The summed E-state index contributed by atoms with van der Waals surface area (Å²) in [5, 5.41) is 28.6. The van der Waals surface area contributed by atoms with Crippen molar-refractivity contribution in [2.45, 2.75) is 129 Å². The number of piperidine rings is 1. The number of allylic oxidation sites excluding steroid dienone is 1. The molecule has 4 aromatic rings. The molecule has 22 nitrogen and oxygen atoms in total. The number of aliphatic hydroxyl groups is 1. The monoisotopic (exact) mass is 1260 g/mol. The van der Waals surface area contributed by atoms with E-state index in [0.29, 0.717) is 121 Å². The molecule has 3 atom stereocenters. The van der Waals surface area contributed by atoms with Crippen LogP contribution >= 0.6 is 11.8 Å². The highest BCUT2D eigenvalue weighted by Crippen LogP contribution is 2.44. The summed E-state index contributed by atoms with van der Waals surface area (Å²) < 4.78 is 61.5. The van der Waals surface area contributed by atoms with Crippen LogP contribution in [0.15, 0.2) is 54.4 Å². The molecular weight excluding hydrogens is 1170 g/mol. The first-order valence-corrected chi connectivity index (χ1v) is 32.3. The third-order valence-electron chi connectivity index (χ3n) is 17.1. The lowest BCUT2D eigenvalue weighted by Crippen LogP contribution is -2.57. The molecule has 2 saturated heterocycles. The van der Waals surface area contributed by atoms with Crippen molar-refractivity contribution in [2.24, 2.45) is 12.5 Å². The molecule has 7 heterocycles. The number of benzene rings is 2. The van der Waals surface area contributed by atoms with E-state index in [9.17, 15) is 37.9 Å².